The summed E-state index contributed by atoms with van der Waals surface area (Å²) < 4.78 is 8.95. The number of hydrogen-bond donors (Lipinski definition) is 2. The van der Waals surface area contributed by atoms with Crippen LogP contribution in [-0.2, 0) is 27.1 Å². The van der Waals surface area contributed by atoms with Crippen LogP contribution < -0.4 is 15.7 Å². The molecule has 0 aliphatic rings. The van der Waals surface area contributed by atoms with Gasteiger partial charge in [-0.25, -0.2) is 4.79 Å². The van der Waals surface area contributed by atoms with Gasteiger partial charge in [-0.15, -0.1) is 12.4 Å². The highest BCUT2D eigenvalue weighted by Crippen LogP contribution is 2.22. The van der Waals surface area contributed by atoms with E-state index < -0.39 is 6.10 Å². The molecule has 1 atom stereocenters. The number of fused-ring (bicyclic) bond motifs is 1. The summed E-state index contributed by atoms with van der Waals surface area (Å²) in [6.45, 7) is 1.64. The maximum absolute atomic E-state index is 12.1. The van der Waals surface area contributed by atoms with Crippen LogP contribution >= 0.6 is 35.6 Å². The molecule has 0 radical (unpaired) electrons. The van der Waals surface area contributed by atoms with Crippen LogP contribution in [0.1, 0.15) is 22.8 Å². The number of nitrogens with one attached hydrogen (secondary N) is 1. The Labute approximate surface area is 220 Å². The van der Waals surface area contributed by atoms with Crippen LogP contribution in [0.25, 0.3) is 11.0 Å². The number of imidazole rings is 1. The summed E-state index contributed by atoms with van der Waals surface area (Å²) in [7, 11) is 3.46. The highest BCUT2D eigenvalue weighted by molar-refractivity contribution is 6.35. The second-order valence-corrected chi connectivity index (χ2v) is 9.13. The lowest BCUT2D eigenvalue weighted by molar-refractivity contribution is 0.108. The van der Waals surface area contributed by atoms with Crippen LogP contribution in [-0.4, -0.2) is 27.4 Å². The van der Waals surface area contributed by atoms with Crippen molar-refractivity contribution in [1.82, 2.24) is 14.5 Å². The molecule has 3 aromatic carbocycles. The van der Waals surface area contributed by atoms with Gasteiger partial charge in [0.1, 0.15) is 18.5 Å². The Morgan fingerprint density at radius 1 is 0.971 bits per heavy atom. The van der Waals surface area contributed by atoms with E-state index >= 15 is 0 Å². The fraction of sp³-hybridized carbons (Fsp3) is 0.269. The van der Waals surface area contributed by atoms with E-state index in [1.165, 1.54) is 0 Å². The zero-order valence-corrected chi connectivity index (χ0v) is 21.8. The van der Waals surface area contributed by atoms with Crippen LogP contribution in [0.2, 0.25) is 10.0 Å². The summed E-state index contributed by atoms with van der Waals surface area (Å²) in [5.41, 5.74) is 4.40. The summed E-state index contributed by atoms with van der Waals surface area (Å²) in [5.74, 6) is 0.684. The number of hydrogen-bond acceptors (Lipinski definition) is 4. The van der Waals surface area contributed by atoms with Crippen molar-refractivity contribution in [1.29, 1.82) is 0 Å². The standard InChI is InChI=1S/C26H27Cl2N3O3.ClH/c1-30-23-10-6-19(13-24(23)31(2)26(30)33)25(32)16-34-21-8-3-17(4-9-21)15-29-12-11-18-5-7-20(27)14-22(18)28;/h3-10,13-14,25,29,32H,11-12,15-16H2,1-2H3;1H. The third-order valence-electron chi connectivity index (χ3n) is 5.93. The maximum atomic E-state index is 12.1. The topological polar surface area (TPSA) is 68.4 Å². The summed E-state index contributed by atoms with van der Waals surface area (Å²) in [5, 5.41) is 15.3. The molecular formula is C26H28Cl3N3O3. The Hall–Kier alpha value is -2.48. The van der Waals surface area contributed by atoms with Gasteiger partial charge in [-0.2, -0.15) is 0 Å². The largest absolute Gasteiger partial charge is 0.491 e. The number of halogens is 3. The molecule has 0 saturated heterocycles. The minimum Gasteiger partial charge on any atom is -0.491 e. The summed E-state index contributed by atoms with van der Waals surface area (Å²) in [6.07, 6.45) is 0.0126. The van der Waals surface area contributed by atoms with Crippen LogP contribution in [0, 0.1) is 0 Å². The van der Waals surface area contributed by atoms with Gasteiger partial charge in [-0.05, 0) is 66.1 Å². The van der Waals surface area contributed by atoms with Gasteiger partial charge >= 0.3 is 5.69 Å². The van der Waals surface area contributed by atoms with Crippen LogP contribution in [0.3, 0.4) is 0 Å². The predicted octanol–water partition coefficient (Wildman–Crippen LogP) is 5.05. The van der Waals surface area contributed by atoms with E-state index in [-0.39, 0.29) is 24.7 Å². The van der Waals surface area contributed by atoms with E-state index in [1.807, 2.05) is 54.6 Å². The molecule has 9 heteroatoms. The van der Waals surface area contributed by atoms with Gasteiger partial charge < -0.3 is 15.2 Å². The second kappa shape index (κ2) is 12.0. The molecule has 186 valence electrons. The number of aryl methyl sites for hydroxylation is 2. The van der Waals surface area contributed by atoms with Gasteiger partial charge in [0, 0.05) is 30.7 Å². The van der Waals surface area contributed by atoms with Gasteiger partial charge in [0.2, 0.25) is 0 Å². The van der Waals surface area contributed by atoms with E-state index in [2.05, 4.69) is 5.32 Å². The number of rotatable bonds is 9. The fourth-order valence-corrected chi connectivity index (χ4v) is 4.39. The molecule has 1 aromatic heterocycles. The van der Waals surface area contributed by atoms with Gasteiger partial charge in [0.15, 0.2) is 0 Å². The number of aromatic nitrogens is 2. The first-order valence-corrected chi connectivity index (χ1v) is 11.8. The Morgan fingerprint density at radius 3 is 2.40 bits per heavy atom. The molecule has 2 N–H and O–H groups in total. The van der Waals surface area contributed by atoms with Crippen molar-refractivity contribution >= 4 is 46.6 Å². The Bertz CT molecular complexity index is 1350. The van der Waals surface area contributed by atoms with Crippen molar-refractivity contribution in [3.8, 4) is 5.75 Å². The van der Waals surface area contributed by atoms with Gasteiger partial charge in [-0.3, -0.25) is 9.13 Å². The molecule has 1 unspecified atom stereocenters. The minimum absolute atomic E-state index is 0. The normalized spacial score (nSPS) is 11.9. The van der Waals surface area contributed by atoms with Crippen LogP contribution in [0.15, 0.2) is 65.5 Å². The minimum atomic E-state index is -0.805. The molecule has 4 rings (SSSR count). The number of aliphatic hydroxyl groups excluding tert-OH is 1. The number of aliphatic hydroxyl groups is 1. The molecule has 0 aliphatic heterocycles. The number of nitrogens with zero attached hydrogens (tertiary/aromatic N) is 2. The van der Waals surface area contributed by atoms with E-state index in [1.54, 1.807) is 29.3 Å². The zero-order valence-electron chi connectivity index (χ0n) is 19.5. The molecule has 0 spiro atoms. The first kappa shape index (κ1) is 27.1. The number of ether oxygens (including phenoxy) is 1. The Balaban J connectivity index is 0.00000342. The molecule has 0 bridgehead atoms. The third kappa shape index (κ3) is 6.40. The molecular weight excluding hydrogens is 509 g/mol. The monoisotopic (exact) mass is 535 g/mol. The molecule has 0 saturated carbocycles. The highest BCUT2D eigenvalue weighted by atomic mass is 35.5. The van der Waals surface area contributed by atoms with Crippen molar-refractivity contribution in [3.63, 3.8) is 0 Å². The lowest BCUT2D eigenvalue weighted by Crippen LogP contribution is -2.19. The Morgan fingerprint density at radius 2 is 1.69 bits per heavy atom. The quantitative estimate of drug-likeness (QED) is 0.294. The smallest absolute Gasteiger partial charge is 0.328 e. The molecule has 35 heavy (non-hydrogen) atoms. The SMILES string of the molecule is Cl.Cn1c(=O)n(C)c2cc(C(O)COc3ccc(CNCCc4ccc(Cl)cc4Cl)cc3)ccc21. The summed E-state index contributed by atoms with van der Waals surface area (Å²) in [4.78, 5) is 12.1. The lowest BCUT2D eigenvalue weighted by Gasteiger charge is -2.14. The van der Waals surface area contributed by atoms with Gasteiger partial charge in [0.05, 0.1) is 11.0 Å². The highest BCUT2D eigenvalue weighted by Gasteiger charge is 2.13. The van der Waals surface area contributed by atoms with Crippen molar-refractivity contribution in [3.05, 3.63) is 97.9 Å². The molecule has 0 aliphatic carbocycles. The molecule has 6 nitrogen and oxygen atoms in total. The first-order chi connectivity index (χ1) is 16.3. The second-order valence-electron chi connectivity index (χ2n) is 8.28. The van der Waals surface area contributed by atoms with E-state index in [9.17, 15) is 9.90 Å². The van der Waals surface area contributed by atoms with Gasteiger partial charge in [0.25, 0.3) is 0 Å². The fourth-order valence-electron chi connectivity index (χ4n) is 3.89. The molecule has 4 aromatic rings. The van der Waals surface area contributed by atoms with Gasteiger partial charge in [-0.1, -0.05) is 47.5 Å². The lowest BCUT2D eigenvalue weighted by atomic mass is 10.1. The molecule has 0 fully saturated rings. The van der Waals surface area contributed by atoms with Crippen molar-refractivity contribution in [2.45, 2.75) is 19.1 Å². The van der Waals surface area contributed by atoms with E-state index in [0.29, 0.717) is 21.4 Å². The predicted molar refractivity (Wildman–Crippen MR) is 144 cm³/mol. The summed E-state index contributed by atoms with van der Waals surface area (Å²) >= 11 is 12.2. The van der Waals surface area contributed by atoms with Crippen molar-refractivity contribution in [2.24, 2.45) is 14.1 Å². The van der Waals surface area contributed by atoms with Crippen LogP contribution in [0.4, 0.5) is 0 Å². The maximum Gasteiger partial charge on any atom is 0.328 e. The van der Waals surface area contributed by atoms with E-state index in [0.717, 1.165) is 41.7 Å². The average molecular weight is 537 g/mol. The number of benzene rings is 3. The first-order valence-electron chi connectivity index (χ1n) is 11.0. The van der Waals surface area contributed by atoms with Crippen LogP contribution in [0.5, 0.6) is 5.75 Å². The third-order valence-corrected chi connectivity index (χ3v) is 6.51. The van der Waals surface area contributed by atoms with E-state index in [4.69, 9.17) is 27.9 Å². The average Bonchev–Trinajstić information content (AvgIpc) is 3.05. The van der Waals surface area contributed by atoms with Crippen molar-refractivity contribution < 1.29 is 9.84 Å². The molecule has 1 heterocycles. The molecule has 0 amide bonds. The Kier molecular flexibility index (Phi) is 9.27. The summed E-state index contributed by atoms with van der Waals surface area (Å²) in [6, 6.07) is 18.8. The van der Waals surface area contributed by atoms with Crippen molar-refractivity contribution in [2.75, 3.05) is 13.2 Å². The zero-order chi connectivity index (χ0) is 24.2.